The van der Waals surface area contributed by atoms with Crippen LogP contribution in [0.1, 0.15) is 0 Å². The van der Waals surface area contributed by atoms with Crippen molar-refractivity contribution in [3.63, 3.8) is 0 Å². The quantitative estimate of drug-likeness (QED) is 0.707. The van der Waals surface area contributed by atoms with E-state index < -0.39 is 0 Å². The third-order valence-electron chi connectivity index (χ3n) is 3.17. The van der Waals surface area contributed by atoms with Crippen LogP contribution in [-0.4, -0.2) is 32.4 Å². The van der Waals surface area contributed by atoms with Gasteiger partial charge in [-0.2, -0.15) is 4.80 Å². The Balaban J connectivity index is 1.67. The van der Waals surface area contributed by atoms with Crippen molar-refractivity contribution in [2.24, 2.45) is 0 Å². The number of halogens is 1. The van der Waals surface area contributed by atoms with E-state index in [-0.39, 0.29) is 12.5 Å². The van der Waals surface area contributed by atoms with Crippen molar-refractivity contribution in [2.75, 3.05) is 11.6 Å². The maximum Gasteiger partial charge on any atom is 0.248 e. The number of amides is 1. The highest BCUT2D eigenvalue weighted by atomic mass is 35.5. The minimum absolute atomic E-state index is 0.0168. The summed E-state index contributed by atoms with van der Waals surface area (Å²) in [6.45, 7) is -0.0168. The minimum Gasteiger partial charge on any atom is -0.324 e. The summed E-state index contributed by atoms with van der Waals surface area (Å²) in [5, 5.41) is 15.5. The van der Waals surface area contributed by atoms with Gasteiger partial charge >= 0.3 is 0 Å². The summed E-state index contributed by atoms with van der Waals surface area (Å²) >= 11 is 7.57. The average molecular weight is 360 g/mol. The average Bonchev–Trinajstić information content (AvgIpc) is 3.03. The molecule has 0 radical (unpaired) electrons. The molecule has 0 bridgehead atoms. The van der Waals surface area contributed by atoms with E-state index in [4.69, 9.17) is 11.6 Å². The van der Waals surface area contributed by atoms with Gasteiger partial charge in [0, 0.05) is 21.2 Å². The molecule has 0 aliphatic carbocycles. The van der Waals surface area contributed by atoms with Gasteiger partial charge in [-0.3, -0.25) is 4.79 Å². The summed E-state index contributed by atoms with van der Waals surface area (Å²) in [6.07, 6.45) is 1.98. The molecule has 1 heterocycles. The second-order valence-corrected chi connectivity index (χ2v) is 6.25. The van der Waals surface area contributed by atoms with Crippen LogP contribution in [0.2, 0.25) is 5.02 Å². The van der Waals surface area contributed by atoms with Gasteiger partial charge in [-0.15, -0.1) is 22.0 Å². The molecule has 1 aromatic heterocycles. The van der Waals surface area contributed by atoms with Gasteiger partial charge in [-0.25, -0.2) is 0 Å². The highest BCUT2D eigenvalue weighted by Gasteiger charge is 2.10. The van der Waals surface area contributed by atoms with Crippen molar-refractivity contribution in [2.45, 2.75) is 11.4 Å². The number of aromatic nitrogens is 4. The van der Waals surface area contributed by atoms with Gasteiger partial charge in [0.25, 0.3) is 0 Å². The third-order valence-corrected chi connectivity index (χ3v) is 4.13. The van der Waals surface area contributed by atoms with E-state index in [2.05, 4.69) is 20.7 Å². The first-order valence-corrected chi connectivity index (χ1v) is 8.72. The van der Waals surface area contributed by atoms with E-state index in [1.54, 1.807) is 23.9 Å². The summed E-state index contributed by atoms with van der Waals surface area (Å²) in [5.41, 5.74) is 1.49. The van der Waals surface area contributed by atoms with Gasteiger partial charge in [-0.1, -0.05) is 29.8 Å². The molecule has 3 aromatic rings. The standard InChI is InChI=1S/C16H14ClN5OS/c1-24-14-7-3-6-13(9-14)18-15(23)10-22-20-16(19-21-22)11-4-2-5-12(17)8-11/h2-9H,10H2,1H3,(H,18,23). The molecule has 0 fully saturated rings. The lowest BCUT2D eigenvalue weighted by molar-refractivity contribution is -0.117. The number of thioether (sulfide) groups is 1. The van der Waals surface area contributed by atoms with E-state index >= 15 is 0 Å². The molecule has 2 aromatic carbocycles. The number of nitrogens with zero attached hydrogens (tertiary/aromatic N) is 4. The Kier molecular flexibility index (Phi) is 5.12. The zero-order chi connectivity index (χ0) is 16.9. The fraction of sp³-hybridized carbons (Fsp3) is 0.125. The topological polar surface area (TPSA) is 72.7 Å². The molecule has 0 unspecified atom stereocenters. The van der Waals surface area contributed by atoms with Crippen LogP contribution in [0, 0.1) is 0 Å². The summed E-state index contributed by atoms with van der Waals surface area (Å²) in [6, 6.07) is 14.8. The zero-order valence-electron chi connectivity index (χ0n) is 12.8. The maximum absolute atomic E-state index is 12.1. The first-order valence-electron chi connectivity index (χ1n) is 7.12. The second kappa shape index (κ2) is 7.46. The molecule has 0 spiro atoms. The highest BCUT2D eigenvalue weighted by Crippen LogP contribution is 2.19. The first kappa shape index (κ1) is 16.5. The minimum atomic E-state index is -0.219. The largest absolute Gasteiger partial charge is 0.324 e. The van der Waals surface area contributed by atoms with E-state index in [1.165, 1.54) is 4.80 Å². The van der Waals surface area contributed by atoms with Crippen molar-refractivity contribution < 1.29 is 4.79 Å². The normalized spacial score (nSPS) is 10.6. The van der Waals surface area contributed by atoms with Crippen LogP contribution in [0.4, 0.5) is 5.69 Å². The monoisotopic (exact) mass is 359 g/mol. The number of tetrazole rings is 1. The summed E-state index contributed by atoms with van der Waals surface area (Å²) in [5.74, 6) is 0.206. The third kappa shape index (κ3) is 4.12. The second-order valence-electron chi connectivity index (χ2n) is 4.93. The van der Waals surface area contributed by atoms with E-state index in [0.29, 0.717) is 10.8 Å². The summed E-state index contributed by atoms with van der Waals surface area (Å²) in [4.78, 5) is 14.4. The molecule has 0 saturated carbocycles. The SMILES string of the molecule is CSc1cccc(NC(=O)Cn2nnc(-c3cccc(Cl)c3)n2)c1. The van der Waals surface area contributed by atoms with Crippen molar-refractivity contribution in [1.82, 2.24) is 20.2 Å². The predicted molar refractivity (Wildman–Crippen MR) is 95.1 cm³/mol. The van der Waals surface area contributed by atoms with E-state index in [0.717, 1.165) is 16.1 Å². The first-order chi connectivity index (χ1) is 11.6. The number of benzene rings is 2. The fourth-order valence-corrected chi connectivity index (χ4v) is 2.73. The van der Waals surface area contributed by atoms with Crippen LogP contribution < -0.4 is 5.32 Å². The highest BCUT2D eigenvalue weighted by molar-refractivity contribution is 7.98. The lowest BCUT2D eigenvalue weighted by atomic mass is 10.2. The number of rotatable bonds is 5. The number of hydrogen-bond acceptors (Lipinski definition) is 5. The van der Waals surface area contributed by atoms with Crippen LogP contribution >= 0.6 is 23.4 Å². The molecule has 1 N–H and O–H groups in total. The van der Waals surface area contributed by atoms with Crippen molar-refractivity contribution in [3.05, 3.63) is 53.6 Å². The van der Waals surface area contributed by atoms with Crippen LogP contribution in [0.15, 0.2) is 53.4 Å². The lowest BCUT2D eigenvalue weighted by Gasteiger charge is -2.05. The van der Waals surface area contributed by atoms with Gasteiger partial charge in [0.2, 0.25) is 11.7 Å². The van der Waals surface area contributed by atoms with E-state index in [9.17, 15) is 4.79 Å². The molecular formula is C16H14ClN5OS. The molecule has 8 heteroatoms. The van der Waals surface area contributed by atoms with Gasteiger partial charge in [0.1, 0.15) is 6.54 Å². The van der Waals surface area contributed by atoms with Gasteiger partial charge in [0.05, 0.1) is 0 Å². The van der Waals surface area contributed by atoms with Gasteiger partial charge in [0.15, 0.2) is 0 Å². The number of anilines is 1. The van der Waals surface area contributed by atoms with Crippen LogP contribution in [0.3, 0.4) is 0 Å². The Morgan fingerprint density at radius 2 is 2.08 bits per heavy atom. The maximum atomic E-state index is 12.1. The summed E-state index contributed by atoms with van der Waals surface area (Å²) < 4.78 is 0. The molecule has 6 nitrogen and oxygen atoms in total. The van der Waals surface area contributed by atoms with Crippen LogP contribution in [0.5, 0.6) is 0 Å². The Labute approximate surface area is 148 Å². The molecule has 0 aliphatic rings. The zero-order valence-corrected chi connectivity index (χ0v) is 14.4. The summed E-state index contributed by atoms with van der Waals surface area (Å²) in [7, 11) is 0. The molecule has 24 heavy (non-hydrogen) atoms. The Bertz CT molecular complexity index is 867. The Morgan fingerprint density at radius 3 is 2.88 bits per heavy atom. The molecule has 0 aliphatic heterocycles. The van der Waals surface area contributed by atoms with Crippen molar-refractivity contribution in [1.29, 1.82) is 0 Å². The van der Waals surface area contributed by atoms with Gasteiger partial charge in [-0.05, 0) is 41.8 Å². The molecule has 0 atom stereocenters. The number of nitrogens with one attached hydrogen (secondary N) is 1. The molecule has 122 valence electrons. The van der Waals surface area contributed by atoms with Crippen LogP contribution in [0.25, 0.3) is 11.4 Å². The van der Waals surface area contributed by atoms with Crippen LogP contribution in [-0.2, 0) is 11.3 Å². The Morgan fingerprint density at radius 1 is 1.25 bits per heavy atom. The van der Waals surface area contributed by atoms with Crippen molar-refractivity contribution in [3.8, 4) is 11.4 Å². The number of carbonyl (C=O) groups excluding carboxylic acids is 1. The Hall–Kier alpha value is -2.38. The van der Waals surface area contributed by atoms with Gasteiger partial charge < -0.3 is 5.32 Å². The molecule has 0 saturated heterocycles. The number of hydrogen-bond donors (Lipinski definition) is 1. The molecule has 3 rings (SSSR count). The predicted octanol–water partition coefficient (Wildman–Crippen LogP) is 3.35. The number of carbonyl (C=O) groups is 1. The smallest absolute Gasteiger partial charge is 0.248 e. The lowest BCUT2D eigenvalue weighted by Crippen LogP contribution is -2.20. The van der Waals surface area contributed by atoms with Crippen molar-refractivity contribution >= 4 is 35.0 Å². The van der Waals surface area contributed by atoms with E-state index in [1.807, 2.05) is 42.7 Å². The molecule has 1 amide bonds. The fourth-order valence-electron chi connectivity index (χ4n) is 2.08. The molecular weight excluding hydrogens is 346 g/mol.